The second-order valence-electron chi connectivity index (χ2n) is 11.4. The van der Waals surface area contributed by atoms with Crippen LogP contribution in [0.15, 0.2) is 0 Å². The number of hydrogen-bond acceptors (Lipinski definition) is 5. The highest BCUT2D eigenvalue weighted by atomic mass is 28.4. The minimum Gasteiger partial charge on any atom is -0.465 e. The summed E-state index contributed by atoms with van der Waals surface area (Å²) < 4.78 is 24.4. The van der Waals surface area contributed by atoms with Crippen molar-refractivity contribution < 1.29 is 23.4 Å². The van der Waals surface area contributed by atoms with Gasteiger partial charge in [0.15, 0.2) is 14.1 Å². The van der Waals surface area contributed by atoms with E-state index >= 15 is 0 Å². The fourth-order valence-electron chi connectivity index (χ4n) is 2.96. The topological polar surface area (TPSA) is 54.0 Å². The van der Waals surface area contributed by atoms with E-state index in [1.165, 1.54) is 0 Å². The van der Waals surface area contributed by atoms with E-state index in [-0.39, 0.29) is 35.1 Å². The van der Waals surface area contributed by atoms with Crippen LogP contribution < -0.4 is 0 Å². The van der Waals surface area contributed by atoms with Crippen molar-refractivity contribution in [1.29, 1.82) is 0 Å². The summed E-state index contributed by atoms with van der Waals surface area (Å²) in [5.74, 6) is -0.566. The van der Waals surface area contributed by atoms with Crippen LogP contribution >= 0.6 is 0 Å². The molecule has 1 aliphatic heterocycles. The molecule has 0 N–H and O–H groups in total. The maximum atomic E-state index is 12.2. The molecule has 0 spiro atoms. The lowest BCUT2D eigenvalue weighted by atomic mass is 9.90. The zero-order chi connectivity index (χ0) is 22.1. The molecule has 1 fully saturated rings. The number of ether oxygens (including phenoxy) is 3. The van der Waals surface area contributed by atoms with E-state index in [1.807, 2.05) is 34.6 Å². The van der Waals surface area contributed by atoms with Gasteiger partial charge >= 0.3 is 5.97 Å². The summed E-state index contributed by atoms with van der Waals surface area (Å²) in [5, 5.41) is 0.0963. The smallest absolute Gasteiger partial charge is 0.311 e. The Balaban J connectivity index is 2.98. The normalized spacial score (nSPS) is 23.9. The van der Waals surface area contributed by atoms with Crippen molar-refractivity contribution in [2.24, 2.45) is 17.3 Å². The summed E-state index contributed by atoms with van der Waals surface area (Å²) in [4.78, 5) is 12.2. The van der Waals surface area contributed by atoms with E-state index in [0.717, 1.165) is 0 Å². The lowest BCUT2D eigenvalue weighted by Gasteiger charge is -2.43. The van der Waals surface area contributed by atoms with Crippen LogP contribution in [0.25, 0.3) is 0 Å². The first-order valence-electron chi connectivity index (χ1n) is 10.5. The Morgan fingerprint density at radius 1 is 1.14 bits per heavy atom. The maximum Gasteiger partial charge on any atom is 0.311 e. The molecule has 0 radical (unpaired) electrons. The van der Waals surface area contributed by atoms with E-state index in [2.05, 4.69) is 47.7 Å². The van der Waals surface area contributed by atoms with Gasteiger partial charge in [0, 0.05) is 11.8 Å². The highest BCUT2D eigenvalue weighted by Gasteiger charge is 2.45. The van der Waals surface area contributed by atoms with Gasteiger partial charge < -0.3 is 18.6 Å². The largest absolute Gasteiger partial charge is 0.465 e. The van der Waals surface area contributed by atoms with Crippen LogP contribution in [0.3, 0.4) is 0 Å². The van der Waals surface area contributed by atoms with Gasteiger partial charge in [0.1, 0.15) is 0 Å². The quantitative estimate of drug-likeness (QED) is 0.411. The first kappa shape index (κ1) is 25.6. The summed E-state index contributed by atoms with van der Waals surface area (Å²) in [7, 11) is -2.01. The third kappa shape index (κ3) is 6.82. The highest BCUT2D eigenvalue weighted by molar-refractivity contribution is 6.74. The summed E-state index contributed by atoms with van der Waals surface area (Å²) in [6.45, 7) is 25.9. The molecular formula is C22H44O5Si. The molecule has 0 bridgehead atoms. The average molecular weight is 417 g/mol. The van der Waals surface area contributed by atoms with Gasteiger partial charge in [-0.25, -0.2) is 0 Å². The Labute approximate surface area is 174 Å². The number of hydrogen-bond donors (Lipinski definition) is 0. The van der Waals surface area contributed by atoms with E-state index in [0.29, 0.717) is 13.2 Å². The molecule has 6 heteroatoms. The van der Waals surface area contributed by atoms with Gasteiger partial charge in [-0.2, -0.15) is 0 Å². The molecule has 1 rings (SSSR count). The van der Waals surface area contributed by atoms with Gasteiger partial charge in [0.2, 0.25) is 0 Å². The van der Waals surface area contributed by atoms with Crippen LogP contribution in [0.5, 0.6) is 0 Å². The molecule has 28 heavy (non-hydrogen) atoms. The fraction of sp³-hybridized carbons (Fsp3) is 0.955. The second-order valence-corrected chi connectivity index (χ2v) is 16.2. The van der Waals surface area contributed by atoms with Gasteiger partial charge in [-0.05, 0) is 52.8 Å². The maximum absolute atomic E-state index is 12.2. The third-order valence-electron chi connectivity index (χ3n) is 6.02. The summed E-state index contributed by atoms with van der Waals surface area (Å²) in [5.41, 5.74) is -0.506. The van der Waals surface area contributed by atoms with Gasteiger partial charge in [0.05, 0.1) is 30.8 Å². The minimum atomic E-state index is -2.01. The molecule has 5 nitrogen and oxygen atoms in total. The van der Waals surface area contributed by atoms with Crippen molar-refractivity contribution in [3.63, 3.8) is 0 Å². The second kappa shape index (κ2) is 8.74. The van der Waals surface area contributed by atoms with Crippen LogP contribution in [0.2, 0.25) is 18.1 Å². The van der Waals surface area contributed by atoms with E-state index in [9.17, 15) is 4.79 Å². The number of carbonyl (C=O) groups is 1. The van der Waals surface area contributed by atoms with Crippen LogP contribution in [-0.2, 0) is 23.4 Å². The molecule has 1 heterocycles. The molecule has 1 saturated heterocycles. The number of esters is 1. The van der Waals surface area contributed by atoms with E-state index in [4.69, 9.17) is 18.6 Å². The van der Waals surface area contributed by atoms with Gasteiger partial charge in [-0.15, -0.1) is 0 Å². The highest BCUT2D eigenvalue weighted by Crippen LogP contribution is 2.40. The van der Waals surface area contributed by atoms with Crippen molar-refractivity contribution in [1.82, 2.24) is 0 Å². The molecule has 166 valence electrons. The molecular weight excluding hydrogens is 372 g/mol. The van der Waals surface area contributed by atoms with Crippen molar-refractivity contribution in [3.05, 3.63) is 0 Å². The Kier molecular flexibility index (Phi) is 7.99. The van der Waals surface area contributed by atoms with E-state index < -0.39 is 19.5 Å². The lowest BCUT2D eigenvalue weighted by Crippen LogP contribution is -2.50. The Hall–Kier alpha value is -0.433. The van der Waals surface area contributed by atoms with Crippen molar-refractivity contribution in [2.75, 3.05) is 13.2 Å². The minimum absolute atomic E-state index is 0.0365. The average Bonchev–Trinajstić information content (AvgIpc) is 2.87. The Morgan fingerprint density at radius 2 is 1.68 bits per heavy atom. The SMILES string of the molecule is C[C@H]([C@H](O[Si](C)(C)C(C)(C)C)[C@@H](C)COC(=O)C(C)(C)C)[C@@H]1COC(C)(C)O1. The first-order valence-corrected chi connectivity index (χ1v) is 13.4. The van der Waals surface area contributed by atoms with Crippen LogP contribution in [0.4, 0.5) is 0 Å². The molecule has 0 aromatic rings. The first-order chi connectivity index (χ1) is 12.4. The molecule has 0 aliphatic carbocycles. The molecule has 0 aromatic carbocycles. The van der Waals surface area contributed by atoms with Crippen LogP contribution in [0, 0.1) is 17.3 Å². The Morgan fingerprint density at radius 3 is 2.07 bits per heavy atom. The van der Waals surface area contributed by atoms with Crippen molar-refractivity contribution in [3.8, 4) is 0 Å². The predicted molar refractivity (Wildman–Crippen MR) is 116 cm³/mol. The summed E-state index contributed by atoms with van der Waals surface area (Å²) in [6.07, 6.45) is -0.110. The van der Waals surface area contributed by atoms with Gasteiger partial charge in [-0.3, -0.25) is 4.79 Å². The summed E-state index contributed by atoms with van der Waals surface area (Å²) in [6, 6.07) is 0. The van der Waals surface area contributed by atoms with Crippen molar-refractivity contribution >= 4 is 14.3 Å². The zero-order valence-electron chi connectivity index (χ0n) is 20.3. The zero-order valence-corrected chi connectivity index (χ0v) is 21.3. The number of carbonyl (C=O) groups excluding carboxylic acids is 1. The molecule has 0 amide bonds. The molecule has 1 aliphatic rings. The van der Waals surface area contributed by atoms with Crippen LogP contribution in [0.1, 0.15) is 69.2 Å². The monoisotopic (exact) mass is 416 g/mol. The molecule has 0 saturated carbocycles. The molecule has 0 aromatic heterocycles. The number of rotatable bonds is 7. The van der Waals surface area contributed by atoms with Gasteiger partial charge in [0.25, 0.3) is 0 Å². The lowest BCUT2D eigenvalue weighted by molar-refractivity contribution is -0.158. The standard InChI is InChI=1S/C22H44O5Si/c1-15(13-24-19(23)20(3,4)5)18(27-28(11,12)21(6,7)8)16(2)17-14-25-22(9,10)26-17/h15-18H,13-14H2,1-12H3/t15-,16-,17-,18+/m0/s1. The fourth-order valence-corrected chi connectivity index (χ4v) is 4.44. The van der Waals surface area contributed by atoms with Crippen molar-refractivity contribution in [2.45, 2.75) is 105 Å². The summed E-state index contributed by atoms with van der Waals surface area (Å²) >= 11 is 0. The predicted octanol–water partition coefficient (Wildman–Crippen LogP) is 5.39. The van der Waals surface area contributed by atoms with Gasteiger partial charge in [-0.1, -0.05) is 34.6 Å². The van der Waals surface area contributed by atoms with Crippen LogP contribution in [-0.4, -0.2) is 45.5 Å². The molecule has 4 atom stereocenters. The Bertz CT molecular complexity index is 530. The third-order valence-corrected chi connectivity index (χ3v) is 10.5. The molecule has 0 unspecified atom stereocenters. The van der Waals surface area contributed by atoms with E-state index in [1.54, 1.807) is 0 Å².